The molecule has 0 radical (unpaired) electrons. The Morgan fingerprint density at radius 1 is 1.06 bits per heavy atom. The van der Waals surface area contributed by atoms with Gasteiger partial charge in [-0.05, 0) is 36.8 Å². The van der Waals surface area contributed by atoms with Gasteiger partial charge in [-0.2, -0.15) is 4.98 Å². The van der Waals surface area contributed by atoms with Crippen LogP contribution in [-0.2, 0) is 0 Å². The number of rotatable bonds is 5. The number of phenolic OH excluding ortho intramolecular Hbond substituents is 1. The van der Waals surface area contributed by atoms with Crippen LogP contribution in [0.15, 0.2) is 77.0 Å². The van der Waals surface area contributed by atoms with E-state index in [1.54, 1.807) is 19.1 Å². The number of amides is 2. The maximum Gasteiger partial charge on any atom is 0.327 e. The smallest absolute Gasteiger partial charge is 0.327 e. The number of nitrogens with zero attached hydrogens (tertiary/aromatic N) is 3. The Bertz CT molecular complexity index is 1470. The average Bonchev–Trinajstić information content (AvgIpc) is 3.33. The number of nitrogens with one attached hydrogen (secondary N) is 1. The molecular formula is C26H20F2N4O4. The summed E-state index contributed by atoms with van der Waals surface area (Å²) in [5.41, 5.74) is 1.90. The van der Waals surface area contributed by atoms with Crippen LogP contribution in [-0.4, -0.2) is 28.4 Å². The second-order valence-electron chi connectivity index (χ2n) is 8.07. The standard InChI is InChI=1S/C26H20F2N4O4/c1-14-22(25-30-24(31-36-25)15-6-4-3-5-7-15)23(16-8-9-21(35-2)20(33)10-16)29-26(34)32(14)19-12-17(27)11-18(28)13-19/h3-13,23,33H,1-2H3,(H,29,34). The van der Waals surface area contributed by atoms with E-state index in [1.165, 1.54) is 13.2 Å². The number of anilines is 1. The third-order valence-corrected chi connectivity index (χ3v) is 5.81. The number of carbonyl (C=O) groups is 1. The van der Waals surface area contributed by atoms with E-state index >= 15 is 0 Å². The summed E-state index contributed by atoms with van der Waals surface area (Å²) in [6.07, 6.45) is 0. The number of methoxy groups -OCH3 is 1. The van der Waals surface area contributed by atoms with Gasteiger partial charge in [0, 0.05) is 17.3 Å². The number of urea groups is 1. The van der Waals surface area contributed by atoms with Gasteiger partial charge in [0.2, 0.25) is 5.82 Å². The molecule has 5 rings (SSSR count). The molecule has 2 N–H and O–H groups in total. The summed E-state index contributed by atoms with van der Waals surface area (Å²) < 4.78 is 38.7. The van der Waals surface area contributed by atoms with Crippen LogP contribution in [0.25, 0.3) is 17.0 Å². The van der Waals surface area contributed by atoms with E-state index in [0.29, 0.717) is 28.2 Å². The zero-order valence-corrected chi connectivity index (χ0v) is 19.2. The Morgan fingerprint density at radius 3 is 2.44 bits per heavy atom. The molecule has 3 aromatic carbocycles. The molecule has 10 heteroatoms. The maximum atomic E-state index is 14.0. The molecule has 0 aliphatic carbocycles. The normalized spacial score (nSPS) is 15.7. The van der Waals surface area contributed by atoms with Gasteiger partial charge in [0.05, 0.1) is 24.4 Å². The van der Waals surface area contributed by atoms with Crippen molar-refractivity contribution in [2.75, 3.05) is 12.0 Å². The van der Waals surface area contributed by atoms with Crippen molar-refractivity contribution in [2.24, 2.45) is 0 Å². The Morgan fingerprint density at radius 2 is 1.78 bits per heavy atom. The van der Waals surface area contributed by atoms with Crippen molar-refractivity contribution in [2.45, 2.75) is 13.0 Å². The van der Waals surface area contributed by atoms with Crippen molar-refractivity contribution in [3.05, 3.63) is 95.5 Å². The van der Waals surface area contributed by atoms with E-state index in [0.717, 1.165) is 23.1 Å². The van der Waals surface area contributed by atoms with Gasteiger partial charge in [0.1, 0.15) is 11.6 Å². The zero-order chi connectivity index (χ0) is 25.4. The maximum absolute atomic E-state index is 14.0. The SMILES string of the molecule is COc1ccc(C2NC(=O)N(c3cc(F)cc(F)c3)C(C)=C2c2nc(-c3ccccc3)no2)cc1O. The molecule has 4 aromatic rings. The van der Waals surface area contributed by atoms with Gasteiger partial charge < -0.3 is 19.7 Å². The third-order valence-electron chi connectivity index (χ3n) is 5.81. The number of carbonyl (C=O) groups excluding carboxylic acids is 1. The molecule has 1 aromatic heterocycles. The van der Waals surface area contributed by atoms with Gasteiger partial charge in [-0.3, -0.25) is 4.90 Å². The van der Waals surface area contributed by atoms with Crippen molar-refractivity contribution in [3.8, 4) is 22.9 Å². The molecule has 1 aliphatic heterocycles. The number of phenols is 1. The monoisotopic (exact) mass is 490 g/mol. The Balaban J connectivity index is 1.68. The fourth-order valence-corrected chi connectivity index (χ4v) is 4.17. The number of aromatic nitrogens is 2. The van der Waals surface area contributed by atoms with Gasteiger partial charge in [0.15, 0.2) is 11.5 Å². The lowest BCUT2D eigenvalue weighted by atomic mass is 9.94. The summed E-state index contributed by atoms with van der Waals surface area (Å²) in [6.45, 7) is 1.61. The van der Waals surface area contributed by atoms with Crippen LogP contribution in [0.4, 0.5) is 19.3 Å². The second kappa shape index (κ2) is 9.14. The van der Waals surface area contributed by atoms with Crippen molar-refractivity contribution in [1.82, 2.24) is 15.5 Å². The van der Waals surface area contributed by atoms with Crippen LogP contribution < -0.4 is 15.0 Å². The van der Waals surface area contributed by atoms with Crippen LogP contribution in [0.1, 0.15) is 24.4 Å². The van der Waals surface area contributed by atoms with Crippen LogP contribution in [0.3, 0.4) is 0 Å². The van der Waals surface area contributed by atoms with E-state index < -0.39 is 23.7 Å². The van der Waals surface area contributed by atoms with Gasteiger partial charge in [0.25, 0.3) is 5.89 Å². The topological polar surface area (TPSA) is 101 Å². The first-order valence-electron chi connectivity index (χ1n) is 10.9. The number of hydrogen-bond donors (Lipinski definition) is 2. The lowest BCUT2D eigenvalue weighted by Gasteiger charge is -2.35. The highest BCUT2D eigenvalue weighted by Crippen LogP contribution is 2.41. The molecule has 1 unspecified atom stereocenters. The minimum Gasteiger partial charge on any atom is -0.504 e. The molecule has 0 saturated carbocycles. The largest absolute Gasteiger partial charge is 0.504 e. The molecule has 36 heavy (non-hydrogen) atoms. The predicted molar refractivity (Wildman–Crippen MR) is 127 cm³/mol. The fourth-order valence-electron chi connectivity index (χ4n) is 4.17. The van der Waals surface area contributed by atoms with Crippen molar-refractivity contribution in [1.29, 1.82) is 0 Å². The lowest BCUT2D eigenvalue weighted by molar-refractivity contribution is 0.244. The van der Waals surface area contributed by atoms with E-state index in [-0.39, 0.29) is 23.1 Å². The molecular weight excluding hydrogens is 470 g/mol. The second-order valence-corrected chi connectivity index (χ2v) is 8.07. The summed E-state index contributed by atoms with van der Waals surface area (Å²) in [5.74, 6) is -1.14. The first-order chi connectivity index (χ1) is 17.4. The van der Waals surface area contributed by atoms with Crippen molar-refractivity contribution < 1.29 is 27.9 Å². The number of aromatic hydroxyl groups is 1. The summed E-state index contributed by atoms with van der Waals surface area (Å²) in [7, 11) is 1.42. The van der Waals surface area contributed by atoms with E-state index in [4.69, 9.17) is 9.26 Å². The number of hydrogen-bond acceptors (Lipinski definition) is 6. The minimum atomic E-state index is -0.835. The fraction of sp³-hybridized carbons (Fsp3) is 0.115. The third kappa shape index (κ3) is 4.13. The Kier molecular flexibility index (Phi) is 5.85. The number of benzene rings is 3. The van der Waals surface area contributed by atoms with E-state index in [9.17, 15) is 18.7 Å². The molecule has 0 saturated heterocycles. The number of halogens is 2. The molecule has 0 bridgehead atoms. The van der Waals surface area contributed by atoms with Crippen LogP contribution in [0.5, 0.6) is 11.5 Å². The highest BCUT2D eigenvalue weighted by atomic mass is 19.1. The van der Waals surface area contributed by atoms with E-state index in [2.05, 4.69) is 15.5 Å². The average molecular weight is 490 g/mol. The number of allylic oxidation sites excluding steroid dienone is 1. The first kappa shape index (κ1) is 23.0. The quantitative estimate of drug-likeness (QED) is 0.387. The van der Waals surface area contributed by atoms with Crippen LogP contribution in [0, 0.1) is 11.6 Å². The van der Waals surface area contributed by atoms with Gasteiger partial charge in [-0.15, -0.1) is 0 Å². The van der Waals surface area contributed by atoms with Crippen LogP contribution in [0.2, 0.25) is 0 Å². The Labute approximate surface area is 204 Å². The summed E-state index contributed by atoms with van der Waals surface area (Å²) >= 11 is 0. The molecule has 0 spiro atoms. The molecule has 0 fully saturated rings. The lowest BCUT2D eigenvalue weighted by Crippen LogP contribution is -2.46. The molecule has 2 amide bonds. The van der Waals surface area contributed by atoms with Crippen LogP contribution >= 0.6 is 0 Å². The molecule has 1 atom stereocenters. The number of ether oxygens (including phenoxy) is 1. The highest BCUT2D eigenvalue weighted by molar-refractivity contribution is 6.01. The minimum absolute atomic E-state index is 0.0150. The zero-order valence-electron chi connectivity index (χ0n) is 19.2. The molecule has 1 aliphatic rings. The summed E-state index contributed by atoms with van der Waals surface area (Å²) in [5, 5.41) is 17.2. The highest BCUT2D eigenvalue weighted by Gasteiger charge is 2.37. The predicted octanol–water partition coefficient (Wildman–Crippen LogP) is 5.43. The summed E-state index contributed by atoms with van der Waals surface area (Å²) in [4.78, 5) is 18.9. The van der Waals surface area contributed by atoms with Gasteiger partial charge in [-0.25, -0.2) is 13.6 Å². The van der Waals surface area contributed by atoms with Gasteiger partial charge in [-0.1, -0.05) is 41.6 Å². The molecule has 2 heterocycles. The first-order valence-corrected chi connectivity index (χ1v) is 10.9. The summed E-state index contributed by atoms with van der Waals surface area (Å²) in [6, 6.07) is 15.2. The Hall–Kier alpha value is -4.73. The molecule has 182 valence electrons. The van der Waals surface area contributed by atoms with Crippen molar-refractivity contribution >= 4 is 17.3 Å². The molecule has 8 nitrogen and oxygen atoms in total. The van der Waals surface area contributed by atoms with Gasteiger partial charge >= 0.3 is 6.03 Å². The van der Waals surface area contributed by atoms with E-state index in [1.807, 2.05) is 30.3 Å². The van der Waals surface area contributed by atoms with Crippen molar-refractivity contribution in [3.63, 3.8) is 0 Å².